The highest BCUT2D eigenvalue weighted by Gasteiger charge is 2.37. The van der Waals surface area contributed by atoms with Crippen LogP contribution >= 0.6 is 0 Å². The van der Waals surface area contributed by atoms with E-state index in [0.717, 1.165) is 30.4 Å². The van der Waals surface area contributed by atoms with Gasteiger partial charge >= 0.3 is 0 Å². The number of hydrogen-bond acceptors (Lipinski definition) is 3. The first-order valence-corrected chi connectivity index (χ1v) is 6.67. The molecule has 3 heteroatoms. The van der Waals surface area contributed by atoms with Crippen LogP contribution in [0.4, 0.5) is 0 Å². The van der Waals surface area contributed by atoms with Gasteiger partial charge in [-0.2, -0.15) is 0 Å². The SMILES string of the molecule is CCCN(C)C(CN)c1ccc(C2CC2C)o1. The van der Waals surface area contributed by atoms with Crippen LogP contribution in [0.3, 0.4) is 0 Å². The Labute approximate surface area is 104 Å². The lowest BCUT2D eigenvalue weighted by Crippen LogP contribution is -2.30. The molecule has 0 aromatic carbocycles. The molecule has 2 rings (SSSR count). The zero-order valence-corrected chi connectivity index (χ0v) is 11.1. The van der Waals surface area contributed by atoms with E-state index >= 15 is 0 Å². The van der Waals surface area contributed by atoms with Gasteiger partial charge in [0.2, 0.25) is 0 Å². The van der Waals surface area contributed by atoms with Crippen molar-refractivity contribution in [3.05, 3.63) is 23.7 Å². The fraction of sp³-hybridized carbons (Fsp3) is 0.714. The number of furan rings is 1. The Bertz CT molecular complexity index is 361. The van der Waals surface area contributed by atoms with Gasteiger partial charge in [-0.25, -0.2) is 0 Å². The Morgan fingerprint density at radius 2 is 2.24 bits per heavy atom. The Hall–Kier alpha value is -0.800. The third-order valence-corrected chi connectivity index (χ3v) is 3.78. The number of rotatable bonds is 6. The van der Waals surface area contributed by atoms with E-state index in [1.165, 1.54) is 6.42 Å². The van der Waals surface area contributed by atoms with Gasteiger partial charge in [0.05, 0.1) is 6.04 Å². The second kappa shape index (κ2) is 5.23. The van der Waals surface area contributed by atoms with Crippen molar-refractivity contribution in [2.24, 2.45) is 11.7 Å². The largest absolute Gasteiger partial charge is 0.464 e. The monoisotopic (exact) mass is 236 g/mol. The van der Waals surface area contributed by atoms with Crippen molar-refractivity contribution < 1.29 is 4.42 Å². The van der Waals surface area contributed by atoms with Gasteiger partial charge in [-0.15, -0.1) is 0 Å². The molecule has 3 atom stereocenters. The van der Waals surface area contributed by atoms with Gasteiger partial charge in [-0.1, -0.05) is 13.8 Å². The number of nitrogens with two attached hydrogens (primary N) is 1. The molecule has 0 amide bonds. The van der Waals surface area contributed by atoms with E-state index in [0.29, 0.717) is 12.5 Å². The van der Waals surface area contributed by atoms with Crippen LogP contribution in [-0.4, -0.2) is 25.0 Å². The van der Waals surface area contributed by atoms with E-state index in [-0.39, 0.29) is 6.04 Å². The molecular formula is C14H24N2O. The highest BCUT2D eigenvalue weighted by molar-refractivity contribution is 5.19. The number of hydrogen-bond donors (Lipinski definition) is 1. The van der Waals surface area contributed by atoms with Crippen molar-refractivity contribution in [3.8, 4) is 0 Å². The molecule has 3 unspecified atom stereocenters. The third kappa shape index (κ3) is 2.72. The topological polar surface area (TPSA) is 42.4 Å². The standard InChI is InChI=1S/C14H24N2O/c1-4-7-16(3)12(9-15)14-6-5-13(17-14)11-8-10(11)2/h5-6,10-12H,4,7-9,15H2,1-3H3. The molecular weight excluding hydrogens is 212 g/mol. The molecule has 2 N–H and O–H groups in total. The molecule has 1 aliphatic carbocycles. The molecule has 17 heavy (non-hydrogen) atoms. The first-order chi connectivity index (χ1) is 8.17. The molecule has 1 fully saturated rings. The van der Waals surface area contributed by atoms with Crippen molar-refractivity contribution in [2.75, 3.05) is 20.1 Å². The molecule has 0 radical (unpaired) electrons. The highest BCUT2D eigenvalue weighted by atomic mass is 16.3. The number of nitrogens with zero attached hydrogens (tertiary/aromatic N) is 1. The van der Waals surface area contributed by atoms with E-state index in [1.807, 2.05) is 0 Å². The van der Waals surface area contributed by atoms with Crippen molar-refractivity contribution in [1.82, 2.24) is 4.90 Å². The summed E-state index contributed by atoms with van der Waals surface area (Å²) in [6.45, 7) is 6.13. The van der Waals surface area contributed by atoms with Crippen LogP contribution < -0.4 is 5.73 Å². The van der Waals surface area contributed by atoms with Gasteiger partial charge in [0.25, 0.3) is 0 Å². The summed E-state index contributed by atoms with van der Waals surface area (Å²) >= 11 is 0. The zero-order chi connectivity index (χ0) is 12.4. The molecule has 3 nitrogen and oxygen atoms in total. The van der Waals surface area contributed by atoms with E-state index in [1.54, 1.807) is 0 Å². The lowest BCUT2D eigenvalue weighted by Gasteiger charge is -2.24. The van der Waals surface area contributed by atoms with Crippen LogP contribution in [0.15, 0.2) is 16.5 Å². The first kappa shape index (κ1) is 12.7. The van der Waals surface area contributed by atoms with Gasteiger partial charge in [0.1, 0.15) is 11.5 Å². The van der Waals surface area contributed by atoms with Gasteiger partial charge < -0.3 is 10.2 Å². The molecule has 1 aromatic heterocycles. The lowest BCUT2D eigenvalue weighted by molar-refractivity contribution is 0.218. The molecule has 1 heterocycles. The van der Waals surface area contributed by atoms with Crippen LogP contribution in [-0.2, 0) is 0 Å². The Kier molecular flexibility index (Phi) is 3.89. The van der Waals surface area contributed by atoms with Gasteiger partial charge in [-0.3, -0.25) is 4.90 Å². The van der Waals surface area contributed by atoms with E-state index in [9.17, 15) is 0 Å². The minimum atomic E-state index is 0.220. The molecule has 1 saturated carbocycles. The third-order valence-electron chi connectivity index (χ3n) is 3.78. The summed E-state index contributed by atoms with van der Waals surface area (Å²) < 4.78 is 5.98. The van der Waals surface area contributed by atoms with Gasteiger partial charge in [0.15, 0.2) is 0 Å². The summed E-state index contributed by atoms with van der Waals surface area (Å²) in [4.78, 5) is 2.28. The van der Waals surface area contributed by atoms with Crippen molar-refractivity contribution >= 4 is 0 Å². The molecule has 1 aliphatic rings. The van der Waals surface area contributed by atoms with Gasteiger partial charge in [0, 0.05) is 12.5 Å². The van der Waals surface area contributed by atoms with Crippen LogP contribution in [0.25, 0.3) is 0 Å². The summed E-state index contributed by atoms with van der Waals surface area (Å²) in [5.41, 5.74) is 5.86. The fourth-order valence-electron chi connectivity index (χ4n) is 2.49. The molecule has 96 valence electrons. The van der Waals surface area contributed by atoms with Gasteiger partial charge in [-0.05, 0) is 44.5 Å². The summed E-state index contributed by atoms with van der Waals surface area (Å²) in [6.07, 6.45) is 2.41. The minimum absolute atomic E-state index is 0.220. The predicted octanol–water partition coefficient (Wildman–Crippen LogP) is 2.74. The summed E-state index contributed by atoms with van der Waals surface area (Å²) in [7, 11) is 2.11. The maximum Gasteiger partial charge on any atom is 0.122 e. The Morgan fingerprint density at radius 1 is 1.53 bits per heavy atom. The van der Waals surface area contributed by atoms with Crippen molar-refractivity contribution in [2.45, 2.75) is 38.6 Å². The minimum Gasteiger partial charge on any atom is -0.464 e. The normalized spacial score (nSPS) is 25.2. The maximum atomic E-state index is 5.98. The van der Waals surface area contributed by atoms with Crippen LogP contribution in [0.1, 0.15) is 50.2 Å². The summed E-state index contributed by atoms with van der Waals surface area (Å²) in [5, 5.41) is 0. The van der Waals surface area contributed by atoms with E-state index in [2.05, 4.69) is 37.9 Å². The van der Waals surface area contributed by atoms with E-state index in [4.69, 9.17) is 10.2 Å². The highest BCUT2D eigenvalue weighted by Crippen LogP contribution is 2.47. The second-order valence-electron chi connectivity index (χ2n) is 5.29. The van der Waals surface area contributed by atoms with E-state index < -0.39 is 0 Å². The molecule has 0 bridgehead atoms. The zero-order valence-electron chi connectivity index (χ0n) is 11.1. The molecule has 1 aromatic rings. The summed E-state index contributed by atoms with van der Waals surface area (Å²) in [5.74, 6) is 3.62. The van der Waals surface area contributed by atoms with Crippen molar-refractivity contribution in [1.29, 1.82) is 0 Å². The molecule has 0 saturated heterocycles. The Morgan fingerprint density at radius 3 is 2.76 bits per heavy atom. The maximum absolute atomic E-state index is 5.98. The predicted molar refractivity (Wildman–Crippen MR) is 69.9 cm³/mol. The second-order valence-corrected chi connectivity index (χ2v) is 5.29. The first-order valence-electron chi connectivity index (χ1n) is 6.67. The lowest BCUT2D eigenvalue weighted by atomic mass is 10.2. The fourth-order valence-corrected chi connectivity index (χ4v) is 2.49. The van der Waals surface area contributed by atoms with Crippen LogP contribution in [0.5, 0.6) is 0 Å². The average Bonchev–Trinajstić information content (AvgIpc) is 2.84. The number of likely N-dealkylation sites (N-methyl/N-ethyl adjacent to an activating group) is 1. The van der Waals surface area contributed by atoms with Crippen LogP contribution in [0, 0.1) is 5.92 Å². The quantitative estimate of drug-likeness (QED) is 0.826. The molecule has 0 aliphatic heterocycles. The smallest absolute Gasteiger partial charge is 0.122 e. The van der Waals surface area contributed by atoms with Crippen LogP contribution in [0.2, 0.25) is 0 Å². The average molecular weight is 236 g/mol. The van der Waals surface area contributed by atoms with Crippen molar-refractivity contribution in [3.63, 3.8) is 0 Å². The molecule has 0 spiro atoms. The summed E-state index contributed by atoms with van der Waals surface area (Å²) in [6, 6.07) is 4.45. The Balaban J connectivity index is 2.06.